The summed E-state index contributed by atoms with van der Waals surface area (Å²) >= 11 is 1.69. The number of benzene rings is 2. The molecule has 1 N–H and O–H groups in total. The normalized spacial score (nSPS) is 12.4. The van der Waals surface area contributed by atoms with Crippen LogP contribution in [0.4, 0.5) is 10.1 Å². The quantitative estimate of drug-likeness (QED) is 0.627. The van der Waals surface area contributed by atoms with Crippen molar-refractivity contribution in [1.29, 1.82) is 0 Å². The van der Waals surface area contributed by atoms with Crippen LogP contribution in [0.15, 0.2) is 48.5 Å². The minimum absolute atomic E-state index is 0.124. The third-order valence-corrected chi connectivity index (χ3v) is 6.47. The molecule has 0 fully saturated rings. The highest BCUT2D eigenvalue weighted by Crippen LogP contribution is 2.21. The molecule has 2 aromatic rings. The smallest absolute Gasteiger partial charge is 0.243 e. The molecule has 1 atom stereocenters. The molecular formula is C20H25FN2O3S2. The Hall–Kier alpha value is -2.06. The first kappa shape index (κ1) is 22.2. The van der Waals surface area contributed by atoms with Crippen molar-refractivity contribution in [3.63, 3.8) is 0 Å². The predicted octanol–water partition coefficient (Wildman–Crippen LogP) is 3.34. The zero-order chi connectivity index (χ0) is 20.7. The number of carbonyl (C=O) groups is 1. The maximum absolute atomic E-state index is 13.5. The summed E-state index contributed by atoms with van der Waals surface area (Å²) in [7, 11) is -3.75. The van der Waals surface area contributed by atoms with E-state index in [0.717, 1.165) is 22.4 Å². The molecule has 0 aliphatic rings. The van der Waals surface area contributed by atoms with Gasteiger partial charge in [-0.05, 0) is 43.2 Å². The molecule has 0 radical (unpaired) electrons. The first-order chi connectivity index (χ1) is 13.2. The molecule has 8 heteroatoms. The van der Waals surface area contributed by atoms with Gasteiger partial charge in [0.2, 0.25) is 15.9 Å². The first-order valence-electron chi connectivity index (χ1n) is 8.85. The second kappa shape index (κ2) is 9.93. The van der Waals surface area contributed by atoms with Crippen molar-refractivity contribution in [2.24, 2.45) is 0 Å². The van der Waals surface area contributed by atoms with Crippen LogP contribution in [-0.2, 0) is 20.6 Å². The Labute approximate surface area is 170 Å². The molecular weight excluding hydrogens is 399 g/mol. The zero-order valence-electron chi connectivity index (χ0n) is 16.2. The van der Waals surface area contributed by atoms with Gasteiger partial charge in [-0.3, -0.25) is 9.10 Å². The van der Waals surface area contributed by atoms with Gasteiger partial charge in [-0.1, -0.05) is 30.3 Å². The van der Waals surface area contributed by atoms with Crippen LogP contribution in [0.1, 0.15) is 18.1 Å². The summed E-state index contributed by atoms with van der Waals surface area (Å²) < 4.78 is 38.8. The molecule has 0 bridgehead atoms. The van der Waals surface area contributed by atoms with Crippen molar-refractivity contribution in [3.05, 3.63) is 65.5 Å². The molecule has 0 aromatic heterocycles. The summed E-state index contributed by atoms with van der Waals surface area (Å²) in [5, 5.41) is 2.76. The largest absolute Gasteiger partial charge is 0.353 e. The van der Waals surface area contributed by atoms with E-state index in [1.54, 1.807) is 11.8 Å². The van der Waals surface area contributed by atoms with Crippen LogP contribution in [0.25, 0.3) is 0 Å². The van der Waals surface area contributed by atoms with Gasteiger partial charge >= 0.3 is 0 Å². The third kappa shape index (κ3) is 6.24. The molecule has 28 heavy (non-hydrogen) atoms. The van der Waals surface area contributed by atoms with Crippen LogP contribution in [0, 0.1) is 12.7 Å². The van der Waals surface area contributed by atoms with Crippen molar-refractivity contribution in [1.82, 2.24) is 5.32 Å². The van der Waals surface area contributed by atoms with E-state index in [1.165, 1.54) is 36.2 Å². The molecule has 0 aliphatic heterocycles. The summed E-state index contributed by atoms with van der Waals surface area (Å²) in [5.74, 6) is 0.556. The summed E-state index contributed by atoms with van der Waals surface area (Å²) in [5.41, 5.74) is 2.60. The maximum Gasteiger partial charge on any atom is 0.243 e. The molecule has 0 heterocycles. The van der Waals surface area contributed by atoms with Crippen LogP contribution in [0.5, 0.6) is 0 Å². The lowest BCUT2D eigenvalue weighted by Gasteiger charge is -2.28. The van der Waals surface area contributed by atoms with Gasteiger partial charge in [0.05, 0.1) is 11.9 Å². The standard InChI is InChI=1S/C20H25FN2O3S2/c1-15-7-4-5-8-17(15)14-27-12-11-22-20(24)16(2)23(28(3,25)26)19-10-6-9-18(21)13-19/h4-10,13,16H,11-12,14H2,1-3H3,(H,22,24)/t16-/m0/s1. The second-order valence-corrected chi connectivity index (χ2v) is 9.45. The number of halogens is 1. The van der Waals surface area contributed by atoms with Crippen LogP contribution >= 0.6 is 11.8 Å². The second-order valence-electron chi connectivity index (χ2n) is 6.48. The van der Waals surface area contributed by atoms with E-state index >= 15 is 0 Å². The SMILES string of the molecule is Cc1ccccc1CSCCNC(=O)[C@H](C)N(c1cccc(F)c1)S(C)(=O)=O. The van der Waals surface area contributed by atoms with E-state index in [-0.39, 0.29) is 5.69 Å². The summed E-state index contributed by atoms with van der Waals surface area (Å²) in [6.07, 6.45) is 1.000. The van der Waals surface area contributed by atoms with Crippen molar-refractivity contribution in [2.45, 2.75) is 25.6 Å². The topological polar surface area (TPSA) is 66.5 Å². The highest BCUT2D eigenvalue weighted by Gasteiger charge is 2.29. The van der Waals surface area contributed by atoms with Crippen LogP contribution in [0.2, 0.25) is 0 Å². The Morgan fingerprint density at radius 3 is 2.57 bits per heavy atom. The fraction of sp³-hybridized carbons (Fsp3) is 0.350. The molecule has 2 aromatic carbocycles. The number of aryl methyl sites for hydroxylation is 1. The van der Waals surface area contributed by atoms with Crippen LogP contribution in [0.3, 0.4) is 0 Å². The molecule has 0 aliphatic carbocycles. The van der Waals surface area contributed by atoms with Crippen LogP contribution in [-0.4, -0.2) is 38.9 Å². The number of sulfonamides is 1. The average Bonchev–Trinajstić information content (AvgIpc) is 2.61. The Morgan fingerprint density at radius 1 is 1.21 bits per heavy atom. The van der Waals surface area contributed by atoms with E-state index < -0.39 is 27.8 Å². The van der Waals surface area contributed by atoms with Gasteiger partial charge in [-0.15, -0.1) is 0 Å². The number of hydrogen-bond donors (Lipinski definition) is 1. The molecule has 1 amide bonds. The molecule has 152 valence electrons. The Balaban J connectivity index is 1.91. The number of nitrogens with zero attached hydrogens (tertiary/aromatic N) is 1. The number of rotatable bonds is 9. The fourth-order valence-corrected chi connectivity index (χ4v) is 4.87. The van der Waals surface area contributed by atoms with Crippen molar-refractivity contribution >= 4 is 33.4 Å². The highest BCUT2D eigenvalue weighted by atomic mass is 32.2. The molecule has 2 rings (SSSR count). The minimum Gasteiger partial charge on any atom is -0.353 e. The number of thioether (sulfide) groups is 1. The number of nitrogens with one attached hydrogen (secondary N) is 1. The van der Waals surface area contributed by atoms with E-state index in [1.807, 2.05) is 12.1 Å². The van der Waals surface area contributed by atoms with E-state index in [4.69, 9.17) is 0 Å². The van der Waals surface area contributed by atoms with Gasteiger partial charge in [-0.2, -0.15) is 11.8 Å². The van der Waals surface area contributed by atoms with E-state index in [0.29, 0.717) is 12.3 Å². The lowest BCUT2D eigenvalue weighted by Crippen LogP contribution is -2.48. The number of anilines is 1. The molecule has 5 nitrogen and oxygen atoms in total. The van der Waals surface area contributed by atoms with Gasteiger partial charge < -0.3 is 5.32 Å². The predicted molar refractivity (Wildman–Crippen MR) is 114 cm³/mol. The number of amides is 1. The summed E-state index contributed by atoms with van der Waals surface area (Å²) in [6.45, 7) is 3.97. The minimum atomic E-state index is -3.75. The zero-order valence-corrected chi connectivity index (χ0v) is 17.8. The average molecular weight is 425 g/mol. The van der Waals surface area contributed by atoms with Gasteiger partial charge in [0, 0.05) is 18.1 Å². The monoisotopic (exact) mass is 424 g/mol. The van der Waals surface area contributed by atoms with Crippen molar-refractivity contribution < 1.29 is 17.6 Å². The van der Waals surface area contributed by atoms with Gasteiger partial charge in [0.1, 0.15) is 11.9 Å². The Kier molecular flexibility index (Phi) is 7.88. The summed E-state index contributed by atoms with van der Waals surface area (Å²) in [6, 6.07) is 12.3. The van der Waals surface area contributed by atoms with Gasteiger partial charge in [0.25, 0.3) is 0 Å². The maximum atomic E-state index is 13.5. The first-order valence-corrected chi connectivity index (χ1v) is 11.9. The molecule has 0 saturated carbocycles. The fourth-order valence-electron chi connectivity index (χ4n) is 2.77. The Morgan fingerprint density at radius 2 is 1.93 bits per heavy atom. The van der Waals surface area contributed by atoms with Gasteiger partial charge in [-0.25, -0.2) is 12.8 Å². The van der Waals surface area contributed by atoms with Crippen molar-refractivity contribution in [3.8, 4) is 0 Å². The Bertz CT molecular complexity index is 919. The number of hydrogen-bond acceptors (Lipinski definition) is 4. The molecule has 0 unspecified atom stereocenters. The third-order valence-electron chi connectivity index (χ3n) is 4.22. The lowest BCUT2D eigenvalue weighted by molar-refractivity contribution is -0.121. The molecule has 0 saturated heterocycles. The van der Waals surface area contributed by atoms with Gasteiger partial charge in [0.15, 0.2) is 0 Å². The highest BCUT2D eigenvalue weighted by molar-refractivity contribution is 7.98. The van der Waals surface area contributed by atoms with Crippen molar-refractivity contribution in [2.75, 3.05) is 22.9 Å². The number of carbonyl (C=O) groups excluding carboxylic acids is 1. The summed E-state index contributed by atoms with van der Waals surface area (Å²) in [4.78, 5) is 12.5. The lowest BCUT2D eigenvalue weighted by atomic mass is 10.1. The van der Waals surface area contributed by atoms with E-state index in [2.05, 4.69) is 24.4 Å². The van der Waals surface area contributed by atoms with Crippen LogP contribution < -0.4 is 9.62 Å². The van der Waals surface area contributed by atoms with E-state index in [9.17, 15) is 17.6 Å². The molecule has 0 spiro atoms.